The van der Waals surface area contributed by atoms with E-state index in [9.17, 15) is 13.2 Å². The molecule has 94 valence electrons. The van der Waals surface area contributed by atoms with Crippen molar-refractivity contribution in [3.05, 3.63) is 29.8 Å². The van der Waals surface area contributed by atoms with Crippen LogP contribution in [-0.2, 0) is 14.8 Å². The number of rotatable bonds is 4. The summed E-state index contributed by atoms with van der Waals surface area (Å²) in [4.78, 5) is 10.9. The molecule has 0 aliphatic heterocycles. The Morgan fingerprint density at radius 3 is 2.06 bits per heavy atom. The van der Waals surface area contributed by atoms with Gasteiger partial charge in [-0.2, -0.15) is 0 Å². The third kappa shape index (κ3) is 2.83. The lowest BCUT2D eigenvalue weighted by atomic mass is 10.0. The van der Waals surface area contributed by atoms with E-state index in [2.05, 4.69) is 0 Å². The third-order valence-electron chi connectivity index (χ3n) is 2.53. The Hall–Kier alpha value is -1.40. The topological polar surface area (TPSA) is 74.7 Å². The van der Waals surface area contributed by atoms with Crippen LogP contribution in [0, 0.1) is 0 Å². The van der Waals surface area contributed by atoms with Gasteiger partial charge in [0.25, 0.3) is 0 Å². The number of carboxylic acid groups (broad SMARTS) is 1. The fourth-order valence-electron chi connectivity index (χ4n) is 1.28. The van der Waals surface area contributed by atoms with Crippen LogP contribution in [0.25, 0.3) is 0 Å². The highest BCUT2D eigenvalue weighted by Crippen LogP contribution is 2.19. The molecule has 0 radical (unpaired) electrons. The van der Waals surface area contributed by atoms with E-state index in [1.54, 1.807) is 6.92 Å². The molecule has 0 aromatic heterocycles. The van der Waals surface area contributed by atoms with E-state index in [4.69, 9.17) is 5.11 Å². The first-order chi connectivity index (χ1) is 7.76. The zero-order valence-electron chi connectivity index (χ0n) is 9.91. The summed E-state index contributed by atoms with van der Waals surface area (Å²) in [5.41, 5.74) is 0.579. The molecule has 0 saturated carbocycles. The van der Waals surface area contributed by atoms with Crippen LogP contribution in [0.1, 0.15) is 18.4 Å². The van der Waals surface area contributed by atoms with Crippen molar-refractivity contribution < 1.29 is 18.3 Å². The molecule has 0 spiro atoms. The lowest BCUT2D eigenvalue weighted by Gasteiger charge is -2.12. The van der Waals surface area contributed by atoms with Gasteiger partial charge >= 0.3 is 5.97 Å². The van der Waals surface area contributed by atoms with Gasteiger partial charge in [0.2, 0.25) is 10.0 Å². The lowest BCUT2D eigenvalue weighted by Crippen LogP contribution is -2.22. The van der Waals surface area contributed by atoms with Crippen molar-refractivity contribution in [2.24, 2.45) is 0 Å². The Labute approximate surface area is 101 Å². The fraction of sp³-hybridized carbons (Fsp3) is 0.364. The Balaban J connectivity index is 3.09. The quantitative estimate of drug-likeness (QED) is 0.877. The highest BCUT2D eigenvalue weighted by molar-refractivity contribution is 7.89. The van der Waals surface area contributed by atoms with Gasteiger partial charge in [0.15, 0.2) is 0 Å². The van der Waals surface area contributed by atoms with Gasteiger partial charge in [-0.15, -0.1) is 0 Å². The van der Waals surface area contributed by atoms with Gasteiger partial charge in [-0.05, 0) is 24.6 Å². The van der Waals surface area contributed by atoms with Crippen LogP contribution >= 0.6 is 0 Å². The highest BCUT2D eigenvalue weighted by atomic mass is 32.2. The van der Waals surface area contributed by atoms with Crippen LogP contribution in [0.15, 0.2) is 29.2 Å². The second-order valence-electron chi connectivity index (χ2n) is 3.92. The van der Waals surface area contributed by atoms with Crippen LogP contribution in [0.2, 0.25) is 0 Å². The highest BCUT2D eigenvalue weighted by Gasteiger charge is 2.18. The molecule has 1 aromatic carbocycles. The molecule has 1 N–H and O–H groups in total. The number of aliphatic carboxylic acids is 1. The first-order valence-corrected chi connectivity index (χ1v) is 6.46. The average Bonchev–Trinajstić information content (AvgIpc) is 2.27. The third-order valence-corrected chi connectivity index (χ3v) is 4.36. The minimum absolute atomic E-state index is 0.156. The van der Waals surface area contributed by atoms with E-state index in [1.807, 2.05) is 0 Å². The zero-order chi connectivity index (χ0) is 13.2. The van der Waals surface area contributed by atoms with E-state index in [-0.39, 0.29) is 4.90 Å². The standard InChI is InChI=1S/C11H15NO4S/c1-8(11(13)14)9-4-6-10(7-5-9)17(15,16)12(2)3/h4-8H,1-3H3,(H,13,14)/t8-/m0/s1. The molecule has 0 aliphatic rings. The van der Waals surface area contributed by atoms with Crippen LogP contribution < -0.4 is 0 Å². The normalized spacial score (nSPS) is 13.6. The molecule has 0 amide bonds. The first-order valence-electron chi connectivity index (χ1n) is 5.02. The average molecular weight is 257 g/mol. The molecular formula is C11H15NO4S. The van der Waals surface area contributed by atoms with Crippen LogP contribution in [0.3, 0.4) is 0 Å². The van der Waals surface area contributed by atoms with Crippen LogP contribution in [0.4, 0.5) is 0 Å². The Kier molecular flexibility index (Phi) is 3.90. The fourth-order valence-corrected chi connectivity index (χ4v) is 2.18. The van der Waals surface area contributed by atoms with Gasteiger partial charge in [-0.1, -0.05) is 12.1 Å². The van der Waals surface area contributed by atoms with Gasteiger partial charge in [0.05, 0.1) is 10.8 Å². The minimum Gasteiger partial charge on any atom is -0.481 e. The van der Waals surface area contributed by atoms with Crippen molar-refractivity contribution in [1.82, 2.24) is 4.31 Å². The summed E-state index contributed by atoms with van der Waals surface area (Å²) in [7, 11) is -0.559. The predicted octanol–water partition coefficient (Wildman–Crippen LogP) is 1.12. The molecule has 0 aliphatic carbocycles. The smallest absolute Gasteiger partial charge is 0.310 e. The van der Waals surface area contributed by atoms with E-state index < -0.39 is 21.9 Å². The molecule has 17 heavy (non-hydrogen) atoms. The number of nitrogens with zero attached hydrogens (tertiary/aromatic N) is 1. The van der Waals surface area contributed by atoms with Crippen molar-refractivity contribution >= 4 is 16.0 Å². The number of carbonyl (C=O) groups is 1. The number of carboxylic acids is 1. The maximum Gasteiger partial charge on any atom is 0.310 e. The van der Waals surface area contributed by atoms with Gasteiger partial charge in [0.1, 0.15) is 0 Å². The monoisotopic (exact) mass is 257 g/mol. The predicted molar refractivity (Wildman–Crippen MR) is 63.4 cm³/mol. The summed E-state index contributed by atoms with van der Waals surface area (Å²) in [6, 6.07) is 5.89. The molecule has 1 aromatic rings. The molecule has 0 heterocycles. The number of hydrogen-bond donors (Lipinski definition) is 1. The number of benzene rings is 1. The van der Waals surface area contributed by atoms with Crippen LogP contribution in [0.5, 0.6) is 0 Å². The van der Waals surface area contributed by atoms with Crippen molar-refractivity contribution in [3.8, 4) is 0 Å². The zero-order valence-corrected chi connectivity index (χ0v) is 10.7. The van der Waals surface area contributed by atoms with E-state index >= 15 is 0 Å². The van der Waals surface area contributed by atoms with Gasteiger partial charge in [-0.25, -0.2) is 12.7 Å². The molecule has 1 atom stereocenters. The number of sulfonamides is 1. The maximum absolute atomic E-state index is 11.8. The summed E-state index contributed by atoms with van der Waals surface area (Å²) in [6.07, 6.45) is 0. The molecule has 0 saturated heterocycles. The van der Waals surface area contributed by atoms with E-state index in [0.29, 0.717) is 5.56 Å². The van der Waals surface area contributed by atoms with E-state index in [1.165, 1.54) is 38.4 Å². The first kappa shape index (κ1) is 13.7. The molecular weight excluding hydrogens is 242 g/mol. The molecule has 1 rings (SSSR count). The number of hydrogen-bond acceptors (Lipinski definition) is 3. The summed E-state index contributed by atoms with van der Waals surface area (Å²) in [6.45, 7) is 1.55. The van der Waals surface area contributed by atoms with Gasteiger partial charge < -0.3 is 5.11 Å². The van der Waals surface area contributed by atoms with Crippen molar-refractivity contribution in [1.29, 1.82) is 0 Å². The second-order valence-corrected chi connectivity index (χ2v) is 6.07. The Bertz CT molecular complexity index is 505. The summed E-state index contributed by atoms with van der Waals surface area (Å²) >= 11 is 0. The Morgan fingerprint density at radius 1 is 1.24 bits per heavy atom. The molecule has 0 unspecified atom stereocenters. The Morgan fingerprint density at radius 2 is 1.71 bits per heavy atom. The van der Waals surface area contributed by atoms with E-state index in [0.717, 1.165) is 4.31 Å². The summed E-state index contributed by atoms with van der Waals surface area (Å²) in [5.74, 6) is -1.58. The van der Waals surface area contributed by atoms with Gasteiger partial charge in [0, 0.05) is 14.1 Å². The van der Waals surface area contributed by atoms with Crippen LogP contribution in [-0.4, -0.2) is 37.9 Å². The van der Waals surface area contributed by atoms with Crippen molar-refractivity contribution in [2.75, 3.05) is 14.1 Å². The van der Waals surface area contributed by atoms with Crippen molar-refractivity contribution in [3.63, 3.8) is 0 Å². The second kappa shape index (κ2) is 4.85. The molecule has 0 fully saturated rings. The maximum atomic E-state index is 11.8. The van der Waals surface area contributed by atoms with Gasteiger partial charge in [-0.3, -0.25) is 4.79 Å². The SMILES string of the molecule is C[C@H](C(=O)O)c1ccc(S(=O)(=O)N(C)C)cc1. The lowest BCUT2D eigenvalue weighted by molar-refractivity contribution is -0.138. The van der Waals surface area contributed by atoms with Crippen molar-refractivity contribution in [2.45, 2.75) is 17.7 Å². The molecule has 6 heteroatoms. The largest absolute Gasteiger partial charge is 0.481 e. The summed E-state index contributed by atoms with van der Waals surface area (Å²) < 4.78 is 24.6. The molecule has 0 bridgehead atoms. The molecule has 5 nitrogen and oxygen atoms in total. The summed E-state index contributed by atoms with van der Waals surface area (Å²) in [5, 5.41) is 8.83. The minimum atomic E-state index is -3.45.